The highest BCUT2D eigenvalue weighted by molar-refractivity contribution is 5.79. The van der Waals surface area contributed by atoms with Crippen molar-refractivity contribution in [3.05, 3.63) is 18.3 Å². The first-order valence-corrected chi connectivity index (χ1v) is 4.77. The molecule has 5 nitrogen and oxygen atoms in total. The minimum Gasteiger partial charge on any atom is -0.384 e. The summed E-state index contributed by atoms with van der Waals surface area (Å²) < 4.78 is 0. The van der Waals surface area contributed by atoms with Crippen LogP contribution < -0.4 is 16.4 Å². The maximum absolute atomic E-state index is 10.9. The first-order valence-electron chi connectivity index (χ1n) is 4.77. The second kappa shape index (κ2) is 4.63. The monoisotopic (exact) mass is 208 g/mol. The lowest BCUT2D eigenvalue weighted by Gasteiger charge is -2.27. The number of primary amides is 1. The van der Waals surface area contributed by atoms with Gasteiger partial charge in [-0.3, -0.25) is 4.79 Å². The fourth-order valence-corrected chi connectivity index (χ4v) is 1.31. The molecule has 15 heavy (non-hydrogen) atoms. The highest BCUT2D eigenvalue weighted by atomic mass is 16.1. The SMILES string of the molecule is CC(C)N(CC(N)=O)c1ccc(N)nc1. The summed E-state index contributed by atoms with van der Waals surface area (Å²) in [7, 11) is 0. The lowest BCUT2D eigenvalue weighted by atomic mass is 10.2. The number of hydrogen-bond acceptors (Lipinski definition) is 4. The van der Waals surface area contributed by atoms with Gasteiger partial charge in [0.2, 0.25) is 5.91 Å². The Morgan fingerprint density at radius 3 is 2.60 bits per heavy atom. The molecule has 82 valence electrons. The summed E-state index contributed by atoms with van der Waals surface area (Å²) in [6.45, 7) is 4.15. The number of nitrogen functional groups attached to an aromatic ring is 1. The van der Waals surface area contributed by atoms with Gasteiger partial charge < -0.3 is 16.4 Å². The van der Waals surface area contributed by atoms with Crippen LogP contribution in [0.25, 0.3) is 0 Å². The van der Waals surface area contributed by atoms with E-state index in [4.69, 9.17) is 11.5 Å². The molecule has 0 fully saturated rings. The number of hydrogen-bond donors (Lipinski definition) is 2. The molecule has 0 atom stereocenters. The zero-order valence-electron chi connectivity index (χ0n) is 8.97. The molecule has 4 N–H and O–H groups in total. The van der Waals surface area contributed by atoms with E-state index in [-0.39, 0.29) is 18.5 Å². The first-order chi connectivity index (χ1) is 7.00. The van der Waals surface area contributed by atoms with Gasteiger partial charge in [-0.2, -0.15) is 0 Å². The van der Waals surface area contributed by atoms with Crippen LogP contribution in [0.4, 0.5) is 11.5 Å². The lowest BCUT2D eigenvalue weighted by molar-refractivity contribution is -0.116. The maximum atomic E-state index is 10.9. The average Bonchev–Trinajstić information content (AvgIpc) is 2.15. The smallest absolute Gasteiger partial charge is 0.236 e. The maximum Gasteiger partial charge on any atom is 0.236 e. The average molecular weight is 208 g/mol. The molecule has 0 aliphatic rings. The fourth-order valence-electron chi connectivity index (χ4n) is 1.31. The summed E-state index contributed by atoms with van der Waals surface area (Å²) in [5.74, 6) is 0.0991. The van der Waals surface area contributed by atoms with Crippen LogP contribution in [0.1, 0.15) is 13.8 Å². The lowest BCUT2D eigenvalue weighted by Crippen LogP contribution is -2.38. The van der Waals surface area contributed by atoms with Crippen molar-refractivity contribution in [2.75, 3.05) is 17.2 Å². The quantitative estimate of drug-likeness (QED) is 0.748. The van der Waals surface area contributed by atoms with Gasteiger partial charge in [-0.1, -0.05) is 0 Å². The van der Waals surface area contributed by atoms with Gasteiger partial charge >= 0.3 is 0 Å². The summed E-state index contributed by atoms with van der Waals surface area (Å²) >= 11 is 0. The van der Waals surface area contributed by atoms with E-state index >= 15 is 0 Å². The molecule has 1 heterocycles. The van der Waals surface area contributed by atoms with Crippen LogP contribution in [0.3, 0.4) is 0 Å². The Labute approximate surface area is 89.1 Å². The molecule has 1 aromatic rings. The summed E-state index contributed by atoms with van der Waals surface area (Å²) in [6, 6.07) is 3.71. The first kappa shape index (κ1) is 11.3. The van der Waals surface area contributed by atoms with Gasteiger partial charge in [0.1, 0.15) is 5.82 Å². The van der Waals surface area contributed by atoms with Crippen LogP contribution in [0.2, 0.25) is 0 Å². The van der Waals surface area contributed by atoms with Crippen LogP contribution in [0.15, 0.2) is 18.3 Å². The van der Waals surface area contributed by atoms with Crippen molar-refractivity contribution < 1.29 is 4.79 Å². The second-order valence-corrected chi connectivity index (χ2v) is 3.63. The number of carbonyl (C=O) groups is 1. The van der Waals surface area contributed by atoms with Gasteiger partial charge in [0.05, 0.1) is 18.4 Å². The zero-order chi connectivity index (χ0) is 11.4. The number of pyridine rings is 1. The number of nitrogens with two attached hydrogens (primary N) is 2. The van der Waals surface area contributed by atoms with Crippen molar-refractivity contribution in [2.24, 2.45) is 5.73 Å². The number of amides is 1. The molecule has 0 aromatic carbocycles. The van der Waals surface area contributed by atoms with Crippen molar-refractivity contribution in [2.45, 2.75) is 19.9 Å². The normalized spacial score (nSPS) is 10.3. The molecule has 0 aliphatic carbocycles. The molecular weight excluding hydrogens is 192 g/mol. The van der Waals surface area contributed by atoms with Crippen LogP contribution in [0, 0.1) is 0 Å². The zero-order valence-corrected chi connectivity index (χ0v) is 8.97. The molecule has 1 aromatic heterocycles. The van der Waals surface area contributed by atoms with E-state index in [0.717, 1.165) is 5.69 Å². The van der Waals surface area contributed by atoms with Crippen LogP contribution in [0.5, 0.6) is 0 Å². The molecule has 1 rings (SSSR count). The Morgan fingerprint density at radius 2 is 2.20 bits per heavy atom. The standard InChI is InChI=1S/C10H16N4O/c1-7(2)14(6-10(12)15)8-3-4-9(11)13-5-8/h3-5,7H,6H2,1-2H3,(H2,11,13)(H2,12,15). The number of aromatic nitrogens is 1. The van der Waals surface area contributed by atoms with Crippen molar-refractivity contribution in [3.8, 4) is 0 Å². The summed E-state index contributed by atoms with van der Waals surface area (Å²) in [5.41, 5.74) is 11.5. The van der Waals surface area contributed by atoms with Crippen molar-refractivity contribution in [1.29, 1.82) is 0 Å². The van der Waals surface area contributed by atoms with Gasteiger partial charge in [-0.05, 0) is 26.0 Å². The van der Waals surface area contributed by atoms with Crippen LogP contribution >= 0.6 is 0 Å². The van der Waals surface area contributed by atoms with Crippen LogP contribution in [-0.2, 0) is 4.79 Å². The Bertz CT molecular complexity index is 334. The Hall–Kier alpha value is -1.78. The Kier molecular flexibility index (Phi) is 3.49. The van der Waals surface area contributed by atoms with E-state index in [2.05, 4.69) is 4.98 Å². The van der Waals surface area contributed by atoms with Crippen molar-refractivity contribution in [3.63, 3.8) is 0 Å². The molecule has 1 amide bonds. The summed E-state index contributed by atoms with van der Waals surface area (Å²) in [6.07, 6.45) is 1.64. The Balaban J connectivity index is 2.88. The molecule has 0 radical (unpaired) electrons. The van der Waals surface area contributed by atoms with E-state index in [9.17, 15) is 4.79 Å². The summed E-state index contributed by atoms with van der Waals surface area (Å²) in [5, 5.41) is 0. The third kappa shape index (κ3) is 3.12. The highest BCUT2D eigenvalue weighted by Crippen LogP contribution is 2.16. The molecule has 0 saturated heterocycles. The molecule has 5 heteroatoms. The van der Waals surface area contributed by atoms with Gasteiger partial charge in [-0.25, -0.2) is 4.98 Å². The molecular formula is C10H16N4O. The fraction of sp³-hybridized carbons (Fsp3) is 0.400. The van der Waals surface area contributed by atoms with Gasteiger partial charge in [-0.15, -0.1) is 0 Å². The van der Waals surface area contributed by atoms with Gasteiger partial charge in [0.25, 0.3) is 0 Å². The number of carbonyl (C=O) groups excluding carboxylic acids is 1. The number of anilines is 2. The third-order valence-electron chi connectivity index (χ3n) is 2.05. The predicted molar refractivity (Wildman–Crippen MR) is 60.3 cm³/mol. The largest absolute Gasteiger partial charge is 0.384 e. The number of rotatable bonds is 4. The van der Waals surface area contributed by atoms with Crippen molar-refractivity contribution >= 4 is 17.4 Å². The minimum absolute atomic E-state index is 0.183. The molecule has 0 aliphatic heterocycles. The number of nitrogens with zero attached hydrogens (tertiary/aromatic N) is 2. The van der Waals surface area contributed by atoms with E-state index in [1.165, 1.54) is 0 Å². The second-order valence-electron chi connectivity index (χ2n) is 3.63. The minimum atomic E-state index is -0.361. The van der Waals surface area contributed by atoms with E-state index in [1.807, 2.05) is 24.8 Å². The van der Waals surface area contributed by atoms with E-state index < -0.39 is 0 Å². The molecule has 0 unspecified atom stereocenters. The van der Waals surface area contributed by atoms with Crippen LogP contribution in [-0.4, -0.2) is 23.5 Å². The van der Waals surface area contributed by atoms with Crippen molar-refractivity contribution in [1.82, 2.24) is 4.98 Å². The molecule has 0 bridgehead atoms. The van der Waals surface area contributed by atoms with Gasteiger partial charge in [0, 0.05) is 6.04 Å². The van der Waals surface area contributed by atoms with Gasteiger partial charge in [0.15, 0.2) is 0 Å². The molecule has 0 saturated carbocycles. The Morgan fingerprint density at radius 1 is 1.53 bits per heavy atom. The summed E-state index contributed by atoms with van der Waals surface area (Å²) in [4.78, 5) is 16.7. The topological polar surface area (TPSA) is 85.2 Å². The third-order valence-corrected chi connectivity index (χ3v) is 2.05. The van der Waals surface area contributed by atoms with E-state index in [1.54, 1.807) is 12.3 Å². The molecule has 0 spiro atoms. The van der Waals surface area contributed by atoms with E-state index in [0.29, 0.717) is 5.82 Å². The predicted octanol–water partition coefficient (Wildman–Crippen LogP) is 0.364. The highest BCUT2D eigenvalue weighted by Gasteiger charge is 2.12.